The first kappa shape index (κ1) is 80.9. The number of thioether (sulfide) groups is 2. The number of hydrogen-bond donors (Lipinski definition) is 3. The highest BCUT2D eigenvalue weighted by molar-refractivity contribution is 7.99. The lowest BCUT2D eigenvalue weighted by Gasteiger charge is -2.62. The normalized spacial score (nSPS) is 27.4. The fourth-order valence-electron chi connectivity index (χ4n) is 21.1. The van der Waals surface area contributed by atoms with Crippen molar-refractivity contribution < 1.29 is 90.5 Å². The number of rotatable bonds is 17. The monoisotopic (exact) mass is 1660 g/mol. The Kier molecular flexibility index (Phi) is 21.7. The molecule has 0 radical (unpaired) electrons. The predicted molar refractivity (Wildman–Crippen MR) is 442 cm³/mol. The molecule has 29 heteroatoms. The number of hydrogen-bond acceptors (Lipinski definition) is 29. The highest BCUT2D eigenvalue weighted by atomic mass is 32.2. The molecule has 14 aliphatic rings. The number of carbonyl (C=O) groups is 3. The van der Waals surface area contributed by atoms with E-state index < -0.39 is 75.7 Å². The smallest absolute Gasteiger partial charge is 0.331 e. The van der Waals surface area contributed by atoms with E-state index in [-0.39, 0.29) is 88.0 Å². The van der Waals surface area contributed by atoms with Crippen LogP contribution in [0.15, 0.2) is 87.0 Å². The van der Waals surface area contributed by atoms with Crippen LogP contribution in [-0.4, -0.2) is 199 Å². The summed E-state index contributed by atoms with van der Waals surface area (Å²) < 4.78 is 92.8. The third-order valence-corrected chi connectivity index (χ3v) is 28.9. The third kappa shape index (κ3) is 12.5. The van der Waals surface area contributed by atoms with Gasteiger partial charge in [-0.2, -0.15) is 10.5 Å². The number of benzene rings is 6. The van der Waals surface area contributed by atoms with E-state index in [1.54, 1.807) is 76.3 Å². The summed E-state index contributed by atoms with van der Waals surface area (Å²) in [5, 5.41) is 41.1. The van der Waals surface area contributed by atoms with Gasteiger partial charge in [0.1, 0.15) is 63.2 Å². The van der Waals surface area contributed by atoms with E-state index in [2.05, 4.69) is 94.9 Å². The number of aryl methyl sites for hydroxylation is 2. The van der Waals surface area contributed by atoms with E-state index in [4.69, 9.17) is 71.1 Å². The van der Waals surface area contributed by atoms with Crippen molar-refractivity contribution in [3.05, 3.63) is 176 Å². The van der Waals surface area contributed by atoms with E-state index in [0.717, 1.165) is 61.2 Å². The first-order chi connectivity index (χ1) is 57.7. The minimum Gasteiger partial charge on any atom is -0.507 e. The van der Waals surface area contributed by atoms with Gasteiger partial charge in [-0.05, 0) is 136 Å². The van der Waals surface area contributed by atoms with Gasteiger partial charge in [0.25, 0.3) is 0 Å². The summed E-state index contributed by atoms with van der Waals surface area (Å²) in [4.78, 5) is 52.2. The first-order valence-corrected chi connectivity index (χ1v) is 42.2. The van der Waals surface area contributed by atoms with Gasteiger partial charge in [-0.25, -0.2) is 9.59 Å². The van der Waals surface area contributed by atoms with E-state index in [9.17, 15) is 25.2 Å². The number of nitriles is 2. The van der Waals surface area contributed by atoms with E-state index in [1.165, 1.54) is 6.92 Å². The number of fused-ring (bicyclic) bond motifs is 18. The average Bonchev–Trinajstić information content (AvgIpc) is 1.29. The number of esters is 3. The molecule has 14 heterocycles. The molecule has 27 nitrogen and oxygen atoms in total. The second-order valence-corrected chi connectivity index (χ2v) is 34.2. The maximum atomic E-state index is 15.0. The Morgan fingerprint density at radius 1 is 0.538 bits per heavy atom. The highest BCUT2D eigenvalue weighted by Crippen LogP contribution is 2.68. The van der Waals surface area contributed by atoms with Crippen LogP contribution in [0.1, 0.15) is 131 Å². The highest BCUT2D eigenvalue weighted by Gasteiger charge is 2.65. The molecule has 14 atom stereocenters. The number of methoxy groups -OCH3 is 4. The zero-order chi connectivity index (χ0) is 83.5. The fourth-order valence-corrected chi connectivity index (χ4v) is 24.5. The zero-order valence-corrected chi connectivity index (χ0v) is 70.3. The maximum absolute atomic E-state index is 15.0. The molecule has 4 fully saturated rings. The molecule has 0 aliphatic carbocycles. The molecule has 0 saturated carbocycles. The van der Waals surface area contributed by atoms with E-state index in [1.807, 2.05) is 52.0 Å². The Morgan fingerprint density at radius 3 is 1.38 bits per heavy atom. The molecule has 8 bridgehead atoms. The molecular formula is C90H98N8O19S2. The topological polar surface area (TPSA) is 294 Å². The van der Waals surface area contributed by atoms with Gasteiger partial charge in [-0.3, -0.25) is 35.0 Å². The predicted octanol–water partition coefficient (Wildman–Crippen LogP) is 11.2. The lowest BCUT2D eigenvalue weighted by Crippen LogP contribution is -2.69. The maximum Gasteiger partial charge on any atom is 0.331 e. The van der Waals surface area contributed by atoms with Gasteiger partial charge in [-0.1, -0.05) is 62.8 Å². The van der Waals surface area contributed by atoms with Crippen molar-refractivity contribution in [1.29, 1.82) is 10.5 Å². The summed E-state index contributed by atoms with van der Waals surface area (Å²) >= 11 is 3.11. The Morgan fingerprint density at radius 2 is 0.958 bits per heavy atom. The van der Waals surface area contributed by atoms with Crippen LogP contribution in [0.25, 0.3) is 0 Å². The van der Waals surface area contributed by atoms with E-state index >= 15 is 4.79 Å². The van der Waals surface area contributed by atoms with Crippen LogP contribution in [0.3, 0.4) is 0 Å². The van der Waals surface area contributed by atoms with Crippen molar-refractivity contribution in [3.8, 4) is 92.6 Å². The van der Waals surface area contributed by atoms with Crippen molar-refractivity contribution in [2.24, 2.45) is 0 Å². The molecule has 2 unspecified atom stereocenters. The molecule has 2 spiro atoms. The van der Waals surface area contributed by atoms with Crippen LogP contribution in [-0.2, 0) is 60.6 Å². The largest absolute Gasteiger partial charge is 0.507 e. The number of nitrogens with one attached hydrogen (secondary N) is 2. The SMILES string of the molecule is C=CCOc1cc2c(cc1OC)[C@@]1(CS[C@@H]3c4c(O)c(C)c5c(c4[C@H](COC1=O)N1C3[C@H]3c4c(cc(C)c(OC)c4OCC=C)C[C@@H]([C@@H]1C#N)N3C)OCO5)NCC2.C=CCOc1cc2c(cc1OC)[C@@]1(CS[C@@H]3c4c(OC(C)=O)c(C)c5c(c4[C@H](COC1=O)N1C3[C@H]3c4c(cc(C)c(OC)c4OCC=C)C[C@@H]([C@@H]1C#N)N3C)OCO5)NCC2. The van der Waals surface area contributed by atoms with Gasteiger partial charge < -0.3 is 76.2 Å². The van der Waals surface area contributed by atoms with Crippen molar-refractivity contribution in [3.63, 3.8) is 0 Å². The molecule has 0 amide bonds. The van der Waals surface area contributed by atoms with Gasteiger partial charge in [-0.15, -0.1) is 23.5 Å². The summed E-state index contributed by atoms with van der Waals surface area (Å²) in [6, 6.07) is 12.6. The molecule has 14 aliphatic heterocycles. The third-order valence-electron chi connectivity index (χ3n) is 26.0. The van der Waals surface area contributed by atoms with Gasteiger partial charge in [0.05, 0.1) is 75.2 Å². The molecule has 6 aromatic carbocycles. The Labute approximate surface area is 700 Å². The van der Waals surface area contributed by atoms with Gasteiger partial charge >= 0.3 is 17.9 Å². The molecular weight excluding hydrogens is 1560 g/mol. The summed E-state index contributed by atoms with van der Waals surface area (Å²) in [6.45, 7) is 26.3. The number of ether oxygens (including phenoxy) is 15. The van der Waals surface area contributed by atoms with Crippen molar-refractivity contribution in [1.82, 2.24) is 30.2 Å². The summed E-state index contributed by atoms with van der Waals surface area (Å²) in [5.41, 5.74) is 10.7. The van der Waals surface area contributed by atoms with Crippen LogP contribution in [0.2, 0.25) is 0 Å². The van der Waals surface area contributed by atoms with Crippen LogP contribution in [0, 0.1) is 50.4 Å². The number of likely N-dealkylation sites (N-methyl/N-ethyl adjacent to an activating group) is 2. The van der Waals surface area contributed by atoms with Crippen molar-refractivity contribution >= 4 is 41.4 Å². The summed E-state index contributed by atoms with van der Waals surface area (Å²) in [6.07, 6.45) is 9.21. The Balaban J connectivity index is 0.000000170. The molecule has 0 aromatic heterocycles. The molecule has 6 aromatic rings. The van der Waals surface area contributed by atoms with Crippen LogP contribution >= 0.6 is 23.5 Å². The summed E-state index contributed by atoms with van der Waals surface area (Å²) in [7, 11) is 10.6. The van der Waals surface area contributed by atoms with E-state index in [0.29, 0.717) is 148 Å². The fraction of sp³-hybridized carbons (Fsp3) is 0.456. The quantitative estimate of drug-likeness (QED) is 0.0434. The van der Waals surface area contributed by atoms with Crippen molar-refractivity contribution in [2.75, 3.05) is 120 Å². The molecule has 624 valence electrons. The number of phenolic OH excluding ortho intramolecular Hbond substituents is 1. The Bertz CT molecular complexity index is 5320. The Hall–Kier alpha value is -10.5. The van der Waals surface area contributed by atoms with Crippen LogP contribution < -0.4 is 72.2 Å². The average molecular weight is 1660 g/mol. The number of carbonyl (C=O) groups excluding carboxylic acids is 3. The van der Waals surface area contributed by atoms with Gasteiger partial charge in [0.15, 0.2) is 80.1 Å². The van der Waals surface area contributed by atoms with Crippen LogP contribution in [0.5, 0.6) is 80.5 Å². The minimum atomic E-state index is -1.32. The number of nitrogens with zero attached hydrogens (tertiary/aromatic N) is 6. The second kappa shape index (κ2) is 31.9. The number of aromatic hydroxyl groups is 1. The van der Waals surface area contributed by atoms with Gasteiger partial charge in [0, 0.05) is 100 Å². The number of piperazine rings is 2. The van der Waals surface area contributed by atoms with Gasteiger partial charge in [0.2, 0.25) is 13.6 Å². The summed E-state index contributed by atoms with van der Waals surface area (Å²) in [5.74, 6) is 6.04. The lowest BCUT2D eigenvalue weighted by atomic mass is 9.71. The van der Waals surface area contributed by atoms with Crippen molar-refractivity contribution in [2.45, 2.75) is 142 Å². The number of phenols is 1. The molecule has 4 saturated heterocycles. The first-order valence-electron chi connectivity index (χ1n) is 40.1. The zero-order valence-electron chi connectivity index (χ0n) is 68.6. The molecule has 119 heavy (non-hydrogen) atoms. The second-order valence-electron chi connectivity index (χ2n) is 31.9. The van der Waals surface area contributed by atoms with Crippen LogP contribution in [0.4, 0.5) is 0 Å². The molecule has 20 rings (SSSR count). The molecule has 3 N–H and O–H groups in total. The standard InChI is InChI=1S/C46H50N4O10S.C44H48N4O9S/c1-9-13-55-33-17-26-11-12-48-46(28(26)18-32(33)53-7)21-61-44-36-35(43-41(58-22-59-43)24(4)40(36)60-25(5)51)31(20-57-45(46)52)50-30(19-47)29-16-27-15-23(3)39(54-8)42(56-14-10-2)34(27)37(38(44)50)49(29)6;1-8-12-53-31-16-24-10-11-46-44(26(24)17-30(31)51-6)20-58-42-34-33(41-39(56-21-57-41)23(4)37(34)49)29(19-55-43(44)50)48-28(18-45)27-15-25-14-22(3)38(52-7)40(54-13-9-2)32(25)35(36(42)48)47(27)5/h9-10,15,17-18,29-31,37-38,44,48H,1-2,11-14,16,20-22H2,3-8H3;8-9,14,16-17,27-29,35-36,42,46,49H,1-2,10-13,15,19-21H2,3-7H3/t29-,30-,31-,37+,38?,44+,46+;27-,28-,29-,35+,36?,42+,44+/m00/s1. The minimum absolute atomic E-state index is 0.0177. The lowest BCUT2D eigenvalue weighted by molar-refractivity contribution is -0.158.